The van der Waals surface area contributed by atoms with Gasteiger partial charge in [0, 0.05) is 24.3 Å². The number of carbonyl (C=O) groups is 1. The monoisotopic (exact) mass is 497 g/mol. The van der Waals surface area contributed by atoms with Crippen molar-refractivity contribution in [2.75, 3.05) is 17.8 Å². The van der Waals surface area contributed by atoms with E-state index in [1.165, 1.54) is 36.6 Å². The summed E-state index contributed by atoms with van der Waals surface area (Å²) in [5.74, 6) is -0.371. The average molecular weight is 498 g/mol. The number of nitrogens with one attached hydrogen (secondary N) is 2. The van der Waals surface area contributed by atoms with E-state index in [1.54, 1.807) is 12.1 Å². The minimum absolute atomic E-state index is 0.0461. The number of halogens is 1. The molecule has 2 N–H and O–H groups in total. The first-order valence-electron chi connectivity index (χ1n) is 11.3. The Bertz CT molecular complexity index is 1250. The molecule has 0 bridgehead atoms. The molecule has 0 atom stereocenters. The maximum absolute atomic E-state index is 12.9. The number of sulfonamides is 1. The molecule has 6 nitrogen and oxygen atoms in total. The molecule has 8 heteroatoms. The summed E-state index contributed by atoms with van der Waals surface area (Å²) in [5, 5.41) is 2.90. The molecule has 1 heterocycles. The molecule has 1 aliphatic heterocycles. The summed E-state index contributed by atoms with van der Waals surface area (Å²) in [7, 11) is -3.96. The van der Waals surface area contributed by atoms with E-state index in [9.17, 15) is 13.2 Å². The van der Waals surface area contributed by atoms with Gasteiger partial charge >= 0.3 is 0 Å². The number of aryl methyl sites for hydroxylation is 1. The molecule has 3 aromatic carbocycles. The van der Waals surface area contributed by atoms with Crippen molar-refractivity contribution in [2.45, 2.75) is 37.8 Å². The Morgan fingerprint density at radius 2 is 1.59 bits per heavy atom. The number of hydrogen-bond donors (Lipinski definition) is 2. The van der Waals surface area contributed by atoms with Crippen molar-refractivity contribution in [3.05, 3.63) is 94.0 Å². The molecule has 34 heavy (non-hydrogen) atoms. The highest BCUT2D eigenvalue weighted by Gasteiger charge is 2.20. The predicted molar refractivity (Wildman–Crippen MR) is 136 cm³/mol. The van der Waals surface area contributed by atoms with Crippen LogP contribution in [-0.2, 0) is 23.1 Å². The molecule has 1 amide bonds. The zero-order chi connectivity index (χ0) is 24.1. The summed E-state index contributed by atoms with van der Waals surface area (Å²) in [6.07, 6.45) is 2.53. The van der Waals surface area contributed by atoms with Crippen LogP contribution < -0.4 is 10.0 Å². The predicted octanol–water partition coefficient (Wildman–Crippen LogP) is 4.98. The lowest BCUT2D eigenvalue weighted by Gasteiger charge is -2.15. The molecular weight excluding hydrogens is 470 g/mol. The third-order valence-electron chi connectivity index (χ3n) is 5.87. The van der Waals surface area contributed by atoms with Crippen LogP contribution in [0.4, 0.5) is 5.69 Å². The summed E-state index contributed by atoms with van der Waals surface area (Å²) in [4.78, 5) is 15.0. The highest BCUT2D eigenvalue weighted by molar-refractivity contribution is 7.92. The van der Waals surface area contributed by atoms with E-state index < -0.39 is 10.0 Å². The minimum atomic E-state index is -3.96. The number of rotatable bonds is 8. The summed E-state index contributed by atoms with van der Waals surface area (Å²) >= 11 is 6.17. The Kier molecular flexibility index (Phi) is 7.56. The van der Waals surface area contributed by atoms with Gasteiger partial charge in [-0.25, -0.2) is 8.42 Å². The average Bonchev–Trinajstić information content (AvgIpc) is 3.33. The van der Waals surface area contributed by atoms with Gasteiger partial charge in [0.25, 0.3) is 15.9 Å². The van der Waals surface area contributed by atoms with E-state index in [-0.39, 0.29) is 21.4 Å². The fourth-order valence-corrected chi connectivity index (χ4v) is 5.51. The topological polar surface area (TPSA) is 78.5 Å². The summed E-state index contributed by atoms with van der Waals surface area (Å²) < 4.78 is 28.3. The molecule has 0 radical (unpaired) electrons. The molecule has 3 aromatic rings. The molecule has 0 aromatic heterocycles. The van der Waals surface area contributed by atoms with Gasteiger partial charge in [0.1, 0.15) is 4.90 Å². The molecule has 4 rings (SSSR count). The smallest absolute Gasteiger partial charge is 0.263 e. The summed E-state index contributed by atoms with van der Waals surface area (Å²) in [6.45, 7) is 5.51. The second-order valence-corrected chi connectivity index (χ2v) is 10.7. The number of nitrogens with zero attached hydrogens (tertiary/aromatic N) is 1. The molecule has 0 spiro atoms. The van der Waals surface area contributed by atoms with Crippen LogP contribution in [-0.4, -0.2) is 32.3 Å². The third-order valence-corrected chi connectivity index (χ3v) is 7.73. The minimum Gasteiger partial charge on any atom is -0.348 e. The van der Waals surface area contributed by atoms with Crippen LogP contribution in [0.25, 0.3) is 0 Å². The fraction of sp³-hybridized carbons (Fsp3) is 0.269. The Balaban J connectivity index is 1.40. The van der Waals surface area contributed by atoms with Crippen LogP contribution in [0.2, 0.25) is 5.02 Å². The van der Waals surface area contributed by atoms with Gasteiger partial charge in [-0.2, -0.15) is 0 Å². The van der Waals surface area contributed by atoms with Gasteiger partial charge in [-0.15, -0.1) is 0 Å². The summed E-state index contributed by atoms with van der Waals surface area (Å²) in [5.41, 5.74) is 3.89. The summed E-state index contributed by atoms with van der Waals surface area (Å²) in [6, 6.07) is 19.4. The number of carbonyl (C=O) groups excluding carboxylic acids is 1. The molecule has 1 aliphatic rings. The highest BCUT2D eigenvalue weighted by atomic mass is 35.5. The van der Waals surface area contributed by atoms with Gasteiger partial charge in [0.2, 0.25) is 0 Å². The molecular formula is C26H28ClN3O3S. The van der Waals surface area contributed by atoms with Crippen molar-refractivity contribution >= 4 is 33.2 Å². The van der Waals surface area contributed by atoms with Crippen LogP contribution >= 0.6 is 11.6 Å². The highest BCUT2D eigenvalue weighted by Crippen LogP contribution is 2.25. The Hall–Kier alpha value is -2.87. The maximum Gasteiger partial charge on any atom is 0.263 e. The van der Waals surface area contributed by atoms with Gasteiger partial charge in [-0.3, -0.25) is 14.4 Å². The van der Waals surface area contributed by atoms with Crippen molar-refractivity contribution in [1.29, 1.82) is 0 Å². The lowest BCUT2D eigenvalue weighted by atomic mass is 10.1. The molecule has 178 valence electrons. The third kappa shape index (κ3) is 6.17. The fourth-order valence-electron chi connectivity index (χ4n) is 3.93. The molecule has 0 unspecified atom stereocenters. The lowest BCUT2D eigenvalue weighted by Crippen LogP contribution is -2.23. The van der Waals surface area contributed by atoms with Crippen LogP contribution in [0.5, 0.6) is 0 Å². The SMILES string of the molecule is Cc1ccc(NS(=O)(=O)c2cc(C(=O)NCc3ccc(CN4CCCC4)cc3)ccc2Cl)cc1. The number of anilines is 1. The molecule has 1 fully saturated rings. The number of likely N-dealkylation sites (tertiary alicyclic amines) is 1. The van der Waals surface area contributed by atoms with Gasteiger partial charge < -0.3 is 5.32 Å². The standard InChI is InChI=1S/C26H28ClN3O3S/c1-19-4-11-23(12-5-19)29-34(32,33)25-16-22(10-13-24(25)27)26(31)28-17-20-6-8-21(9-7-20)18-30-14-2-3-15-30/h4-13,16,29H,2-3,14-15,17-18H2,1H3,(H,28,31). The van der Waals surface area contributed by atoms with Gasteiger partial charge in [0.05, 0.1) is 5.02 Å². The quantitative estimate of drug-likeness (QED) is 0.460. The molecule has 0 saturated carbocycles. The first-order valence-corrected chi connectivity index (χ1v) is 13.1. The number of amides is 1. The van der Waals surface area contributed by atoms with Gasteiger partial charge in [0.15, 0.2) is 0 Å². The van der Waals surface area contributed by atoms with Crippen molar-refractivity contribution in [3.63, 3.8) is 0 Å². The van der Waals surface area contributed by atoms with Crippen molar-refractivity contribution in [3.8, 4) is 0 Å². The Labute approximate surface area is 206 Å². The van der Waals surface area contributed by atoms with Crippen LogP contribution in [0, 0.1) is 6.92 Å². The van der Waals surface area contributed by atoms with E-state index in [4.69, 9.17) is 11.6 Å². The van der Waals surface area contributed by atoms with Crippen LogP contribution in [0.1, 0.15) is 39.9 Å². The van der Waals surface area contributed by atoms with Crippen LogP contribution in [0.15, 0.2) is 71.6 Å². The second-order valence-electron chi connectivity index (χ2n) is 8.60. The van der Waals surface area contributed by atoms with E-state index in [2.05, 4.69) is 27.1 Å². The Morgan fingerprint density at radius 3 is 2.26 bits per heavy atom. The van der Waals surface area contributed by atoms with Crippen molar-refractivity contribution < 1.29 is 13.2 Å². The van der Waals surface area contributed by atoms with Crippen molar-refractivity contribution in [2.24, 2.45) is 0 Å². The molecule has 0 aliphatic carbocycles. The first kappa shape index (κ1) is 24.3. The second kappa shape index (κ2) is 10.6. The zero-order valence-corrected chi connectivity index (χ0v) is 20.6. The van der Waals surface area contributed by atoms with Crippen LogP contribution in [0.3, 0.4) is 0 Å². The largest absolute Gasteiger partial charge is 0.348 e. The zero-order valence-electron chi connectivity index (χ0n) is 19.1. The number of benzene rings is 3. The van der Waals surface area contributed by atoms with E-state index >= 15 is 0 Å². The normalized spacial score (nSPS) is 14.2. The van der Waals surface area contributed by atoms with E-state index in [0.717, 1.165) is 30.8 Å². The van der Waals surface area contributed by atoms with E-state index in [0.29, 0.717) is 12.2 Å². The molecule has 1 saturated heterocycles. The van der Waals surface area contributed by atoms with E-state index in [1.807, 2.05) is 31.2 Å². The number of hydrogen-bond acceptors (Lipinski definition) is 4. The Morgan fingerprint density at radius 1 is 0.941 bits per heavy atom. The maximum atomic E-state index is 12.9. The van der Waals surface area contributed by atoms with Gasteiger partial charge in [-0.1, -0.05) is 53.6 Å². The van der Waals surface area contributed by atoms with Gasteiger partial charge in [-0.05, 0) is 74.3 Å². The van der Waals surface area contributed by atoms with Crippen molar-refractivity contribution in [1.82, 2.24) is 10.2 Å². The lowest BCUT2D eigenvalue weighted by molar-refractivity contribution is 0.0950. The first-order chi connectivity index (χ1) is 16.3.